The zero-order valence-electron chi connectivity index (χ0n) is 9.83. The largest absolute Gasteiger partial charge is 0.388 e. The van der Waals surface area contributed by atoms with Crippen LogP contribution in [0, 0.1) is 0 Å². The molecule has 0 spiro atoms. The molecule has 1 aromatic carbocycles. The fourth-order valence-electron chi connectivity index (χ4n) is 1.33. The summed E-state index contributed by atoms with van der Waals surface area (Å²) in [5, 5.41) is 11.2. The number of aliphatic hydroxyl groups excluding tert-OH is 1. The number of hydrogen-bond acceptors (Lipinski definition) is 1. The summed E-state index contributed by atoms with van der Waals surface area (Å²) >= 11 is 0. The second kappa shape index (κ2) is 4.77. The monoisotopic (exact) mass is 220 g/mol. The third kappa shape index (κ3) is 3.65. The van der Waals surface area contributed by atoms with Gasteiger partial charge in [-0.2, -0.15) is 0 Å². The lowest BCUT2D eigenvalue weighted by Gasteiger charge is -2.22. The molecule has 0 aromatic heterocycles. The van der Waals surface area contributed by atoms with Crippen LogP contribution in [0.1, 0.15) is 18.1 Å². The van der Waals surface area contributed by atoms with Gasteiger partial charge in [-0.25, -0.2) is 0 Å². The topological polar surface area (TPSA) is 20.2 Å². The molecule has 0 aliphatic carbocycles. The Hall–Kier alpha value is -0.863. The Balaban J connectivity index is 2.65. The zero-order chi connectivity index (χ0) is 11.5. The first-order valence-electron chi connectivity index (χ1n) is 5.32. The lowest BCUT2D eigenvalue weighted by atomic mass is 10.1. The van der Waals surface area contributed by atoms with Gasteiger partial charge in [0.25, 0.3) is 0 Å². The molecule has 0 fully saturated rings. The molecule has 0 unspecified atom stereocenters. The smallest absolute Gasteiger partial charge is 0.0823 e. The third-order valence-corrected chi connectivity index (χ3v) is 5.01. The molecule has 1 aromatic rings. The summed E-state index contributed by atoms with van der Waals surface area (Å²) in [6.07, 6.45) is 0.296. The summed E-state index contributed by atoms with van der Waals surface area (Å²) in [6, 6.07) is 9.79. The van der Waals surface area contributed by atoms with Crippen molar-refractivity contribution in [1.82, 2.24) is 0 Å². The molecule has 1 N–H and O–H groups in total. The van der Waals surface area contributed by atoms with E-state index in [0.29, 0.717) is 6.42 Å². The van der Waals surface area contributed by atoms with Gasteiger partial charge in [-0.3, -0.25) is 0 Å². The molecule has 82 valence electrons. The van der Waals surface area contributed by atoms with E-state index in [2.05, 4.69) is 26.2 Å². The molecule has 0 radical (unpaired) electrons. The van der Waals surface area contributed by atoms with Crippen molar-refractivity contribution in [3.05, 3.63) is 47.7 Å². The van der Waals surface area contributed by atoms with Gasteiger partial charge in [-0.1, -0.05) is 55.2 Å². The minimum absolute atomic E-state index is 0.398. The molecule has 0 heterocycles. The molecule has 0 saturated heterocycles. The van der Waals surface area contributed by atoms with Crippen LogP contribution in [-0.4, -0.2) is 13.2 Å². The van der Waals surface area contributed by atoms with Gasteiger partial charge in [0.15, 0.2) is 0 Å². The normalized spacial score (nSPS) is 13.6. The molecule has 15 heavy (non-hydrogen) atoms. The highest BCUT2D eigenvalue weighted by molar-refractivity contribution is 6.82. The number of rotatable bonds is 4. The number of aliphatic hydroxyl groups is 1. The summed E-state index contributed by atoms with van der Waals surface area (Å²) in [6.45, 7) is 10.9. The van der Waals surface area contributed by atoms with E-state index in [-0.39, 0.29) is 0 Å². The predicted molar refractivity (Wildman–Crippen MR) is 68.5 cm³/mol. The highest BCUT2D eigenvalue weighted by Crippen LogP contribution is 2.25. The molecular formula is C13H20OSi. The SMILES string of the molecule is C=C(C[C@H](O)c1ccccc1)[Si](C)(C)C. The second-order valence-corrected chi connectivity index (χ2v) is 10.2. The van der Waals surface area contributed by atoms with E-state index in [1.54, 1.807) is 0 Å². The van der Waals surface area contributed by atoms with Crippen LogP contribution in [0.4, 0.5) is 0 Å². The van der Waals surface area contributed by atoms with Crippen LogP contribution in [0.2, 0.25) is 19.6 Å². The number of hydrogen-bond donors (Lipinski definition) is 1. The van der Waals surface area contributed by atoms with E-state index in [1.807, 2.05) is 30.3 Å². The van der Waals surface area contributed by atoms with E-state index in [4.69, 9.17) is 0 Å². The maximum atomic E-state index is 10.0. The molecule has 0 amide bonds. The molecule has 2 heteroatoms. The summed E-state index contributed by atoms with van der Waals surface area (Å²) in [7, 11) is -1.31. The first-order chi connectivity index (χ1) is 6.91. The highest BCUT2D eigenvalue weighted by Gasteiger charge is 2.20. The Morgan fingerprint density at radius 1 is 1.27 bits per heavy atom. The summed E-state index contributed by atoms with van der Waals surface area (Å²) in [4.78, 5) is 0. The Bertz CT molecular complexity index is 324. The fourth-order valence-corrected chi connectivity index (χ4v) is 2.14. The first-order valence-corrected chi connectivity index (χ1v) is 8.82. The van der Waals surface area contributed by atoms with E-state index in [9.17, 15) is 5.11 Å². The number of benzene rings is 1. The van der Waals surface area contributed by atoms with E-state index >= 15 is 0 Å². The van der Waals surface area contributed by atoms with Gasteiger partial charge in [0, 0.05) is 0 Å². The molecular weight excluding hydrogens is 200 g/mol. The van der Waals surface area contributed by atoms with Crippen LogP contribution in [0.3, 0.4) is 0 Å². The first kappa shape index (κ1) is 12.2. The van der Waals surface area contributed by atoms with Crippen LogP contribution in [-0.2, 0) is 0 Å². The van der Waals surface area contributed by atoms with Gasteiger partial charge < -0.3 is 5.11 Å². The van der Waals surface area contributed by atoms with E-state index < -0.39 is 14.2 Å². The summed E-state index contributed by atoms with van der Waals surface area (Å²) < 4.78 is 0. The van der Waals surface area contributed by atoms with Crippen LogP contribution in [0.25, 0.3) is 0 Å². The van der Waals surface area contributed by atoms with Gasteiger partial charge in [-0.05, 0) is 12.0 Å². The van der Waals surface area contributed by atoms with Crippen molar-refractivity contribution in [2.75, 3.05) is 0 Å². The van der Waals surface area contributed by atoms with E-state index in [0.717, 1.165) is 5.56 Å². The minimum atomic E-state index is -1.31. The van der Waals surface area contributed by atoms with Gasteiger partial charge in [0.1, 0.15) is 0 Å². The molecule has 1 rings (SSSR count). The minimum Gasteiger partial charge on any atom is -0.388 e. The van der Waals surface area contributed by atoms with Crippen LogP contribution in [0.5, 0.6) is 0 Å². The van der Waals surface area contributed by atoms with Gasteiger partial charge >= 0.3 is 0 Å². The Morgan fingerprint density at radius 2 is 1.80 bits per heavy atom. The fraction of sp³-hybridized carbons (Fsp3) is 0.385. The van der Waals surface area contributed by atoms with Crippen LogP contribution < -0.4 is 0 Å². The lowest BCUT2D eigenvalue weighted by Crippen LogP contribution is -2.24. The Kier molecular flexibility index (Phi) is 3.88. The average molecular weight is 220 g/mol. The van der Waals surface area contributed by atoms with E-state index in [1.165, 1.54) is 5.20 Å². The molecule has 1 atom stereocenters. The van der Waals surface area contributed by atoms with Crippen molar-refractivity contribution in [2.45, 2.75) is 32.2 Å². The third-order valence-electron chi connectivity index (χ3n) is 2.68. The second-order valence-electron chi connectivity index (χ2n) is 4.98. The van der Waals surface area contributed by atoms with Crippen molar-refractivity contribution in [1.29, 1.82) is 0 Å². The maximum Gasteiger partial charge on any atom is 0.0823 e. The average Bonchev–Trinajstić information content (AvgIpc) is 2.17. The molecule has 1 nitrogen and oxygen atoms in total. The zero-order valence-corrected chi connectivity index (χ0v) is 10.8. The maximum absolute atomic E-state index is 10.0. The van der Waals surface area contributed by atoms with Gasteiger partial charge in [0.05, 0.1) is 14.2 Å². The standard InChI is InChI=1S/C13H20OSi/c1-11(15(2,3)4)10-13(14)12-8-6-5-7-9-12/h5-9,13-14H,1,10H2,2-4H3/t13-/m0/s1. The summed E-state index contributed by atoms with van der Waals surface area (Å²) in [5.74, 6) is 0. The lowest BCUT2D eigenvalue weighted by molar-refractivity contribution is 0.180. The van der Waals surface area contributed by atoms with Gasteiger partial charge in [0.2, 0.25) is 0 Å². The van der Waals surface area contributed by atoms with Crippen LogP contribution >= 0.6 is 0 Å². The van der Waals surface area contributed by atoms with Crippen molar-refractivity contribution >= 4 is 8.07 Å². The molecule has 0 aliphatic rings. The quantitative estimate of drug-likeness (QED) is 0.769. The van der Waals surface area contributed by atoms with Crippen molar-refractivity contribution in [3.8, 4) is 0 Å². The highest BCUT2D eigenvalue weighted by atomic mass is 28.3. The Labute approximate surface area is 93.5 Å². The predicted octanol–water partition coefficient (Wildman–Crippen LogP) is 3.54. The van der Waals surface area contributed by atoms with Crippen molar-refractivity contribution < 1.29 is 5.11 Å². The Morgan fingerprint density at radius 3 is 2.27 bits per heavy atom. The van der Waals surface area contributed by atoms with Crippen molar-refractivity contribution in [2.24, 2.45) is 0 Å². The van der Waals surface area contributed by atoms with Gasteiger partial charge in [-0.15, -0.1) is 6.58 Å². The molecule has 0 bridgehead atoms. The molecule has 0 aliphatic heterocycles. The summed E-state index contributed by atoms with van der Waals surface area (Å²) in [5.41, 5.74) is 0.983. The van der Waals surface area contributed by atoms with Crippen LogP contribution in [0.15, 0.2) is 42.1 Å². The van der Waals surface area contributed by atoms with Crippen molar-refractivity contribution in [3.63, 3.8) is 0 Å². The molecule has 0 saturated carbocycles.